The van der Waals surface area contributed by atoms with E-state index in [1.807, 2.05) is 13.8 Å². The van der Waals surface area contributed by atoms with Crippen LogP contribution in [0.15, 0.2) is 4.52 Å². The molecular formula is C15H25N3O3. The summed E-state index contributed by atoms with van der Waals surface area (Å²) >= 11 is 0. The minimum absolute atomic E-state index is 0.0839. The van der Waals surface area contributed by atoms with Gasteiger partial charge in [-0.25, -0.2) is 0 Å². The first-order valence-corrected chi connectivity index (χ1v) is 7.64. The summed E-state index contributed by atoms with van der Waals surface area (Å²) in [7, 11) is 0. The van der Waals surface area contributed by atoms with Crippen LogP contribution in [0.3, 0.4) is 0 Å². The quantitative estimate of drug-likeness (QED) is 0.807. The molecule has 1 aliphatic rings. The van der Waals surface area contributed by atoms with Crippen molar-refractivity contribution in [2.45, 2.75) is 33.1 Å². The predicted octanol–water partition coefficient (Wildman–Crippen LogP) is 1.56. The van der Waals surface area contributed by atoms with E-state index >= 15 is 0 Å². The maximum Gasteiger partial charge on any atom is 0.256 e. The van der Waals surface area contributed by atoms with Crippen molar-refractivity contribution in [3.63, 3.8) is 0 Å². The molecule has 1 amide bonds. The number of rotatable bonds is 6. The van der Waals surface area contributed by atoms with Crippen LogP contribution in [0.4, 0.5) is 0 Å². The number of hydrogen-bond acceptors (Lipinski definition) is 5. The maximum atomic E-state index is 12.3. The molecule has 6 nitrogen and oxygen atoms in total. The van der Waals surface area contributed by atoms with Crippen LogP contribution in [0.1, 0.15) is 48.0 Å². The molecule has 0 bridgehead atoms. The highest BCUT2D eigenvalue weighted by molar-refractivity contribution is 5.96. The Morgan fingerprint density at radius 1 is 1.38 bits per heavy atom. The molecule has 118 valence electrons. The van der Waals surface area contributed by atoms with Gasteiger partial charge in [0, 0.05) is 25.6 Å². The molecule has 1 fully saturated rings. The van der Waals surface area contributed by atoms with Crippen LogP contribution in [-0.4, -0.2) is 55.4 Å². The molecule has 0 aromatic carbocycles. The monoisotopic (exact) mass is 295 g/mol. The van der Waals surface area contributed by atoms with Crippen molar-refractivity contribution in [2.75, 3.05) is 39.4 Å². The molecule has 0 aliphatic carbocycles. The lowest BCUT2D eigenvalue weighted by Crippen LogP contribution is -2.38. The molecule has 1 saturated heterocycles. The van der Waals surface area contributed by atoms with Gasteiger partial charge in [0.15, 0.2) is 5.76 Å². The second-order valence-electron chi connectivity index (χ2n) is 5.73. The van der Waals surface area contributed by atoms with E-state index in [-0.39, 0.29) is 11.8 Å². The smallest absolute Gasteiger partial charge is 0.256 e. The summed E-state index contributed by atoms with van der Waals surface area (Å²) in [6.07, 6.45) is 0.938. The lowest BCUT2D eigenvalue weighted by molar-refractivity contribution is 0.0374. The zero-order valence-electron chi connectivity index (χ0n) is 13.1. The Morgan fingerprint density at radius 2 is 2.10 bits per heavy atom. The van der Waals surface area contributed by atoms with Gasteiger partial charge in [-0.2, -0.15) is 0 Å². The van der Waals surface area contributed by atoms with Crippen molar-refractivity contribution < 1.29 is 14.1 Å². The third-order valence-corrected chi connectivity index (χ3v) is 3.68. The summed E-state index contributed by atoms with van der Waals surface area (Å²) in [4.78, 5) is 14.6. The van der Waals surface area contributed by atoms with Crippen molar-refractivity contribution in [2.24, 2.45) is 0 Å². The molecule has 2 heterocycles. The molecule has 0 atom stereocenters. The number of nitrogens with zero attached hydrogens (tertiary/aromatic N) is 2. The standard InChI is InChI=1S/C15H25N3O3/c1-11(2)14-13(12(3)17-21-14)15(19)16-5-4-6-18-7-9-20-10-8-18/h11H,4-10H2,1-3H3,(H,16,19). The van der Waals surface area contributed by atoms with E-state index < -0.39 is 0 Å². The van der Waals surface area contributed by atoms with Gasteiger partial charge in [0.05, 0.1) is 18.9 Å². The number of morpholine rings is 1. The summed E-state index contributed by atoms with van der Waals surface area (Å²) in [5, 5.41) is 6.87. The van der Waals surface area contributed by atoms with Crippen molar-refractivity contribution in [1.82, 2.24) is 15.4 Å². The summed E-state index contributed by atoms with van der Waals surface area (Å²) in [6.45, 7) is 11.0. The topological polar surface area (TPSA) is 67.6 Å². The predicted molar refractivity (Wildman–Crippen MR) is 79.5 cm³/mol. The second-order valence-corrected chi connectivity index (χ2v) is 5.73. The van der Waals surface area contributed by atoms with Crippen LogP contribution in [0, 0.1) is 6.92 Å². The molecule has 0 saturated carbocycles. The van der Waals surface area contributed by atoms with Gasteiger partial charge in [0.1, 0.15) is 5.56 Å². The molecule has 2 rings (SSSR count). The number of nitrogens with one attached hydrogen (secondary N) is 1. The molecular weight excluding hydrogens is 270 g/mol. The lowest BCUT2D eigenvalue weighted by Gasteiger charge is -2.26. The van der Waals surface area contributed by atoms with Crippen molar-refractivity contribution in [3.05, 3.63) is 17.0 Å². The normalized spacial score (nSPS) is 16.4. The molecule has 1 aromatic rings. The lowest BCUT2D eigenvalue weighted by atomic mass is 10.0. The Balaban J connectivity index is 1.78. The summed E-state index contributed by atoms with van der Waals surface area (Å²) in [6, 6.07) is 0. The Hall–Kier alpha value is -1.40. The third-order valence-electron chi connectivity index (χ3n) is 3.68. The van der Waals surface area contributed by atoms with Gasteiger partial charge in [0.2, 0.25) is 0 Å². The van der Waals surface area contributed by atoms with E-state index in [4.69, 9.17) is 9.26 Å². The van der Waals surface area contributed by atoms with E-state index in [1.54, 1.807) is 6.92 Å². The first-order valence-electron chi connectivity index (χ1n) is 7.64. The van der Waals surface area contributed by atoms with E-state index in [0.717, 1.165) is 39.3 Å². The Labute approximate surface area is 125 Å². The van der Waals surface area contributed by atoms with Gasteiger partial charge in [-0.05, 0) is 19.9 Å². The number of amides is 1. The van der Waals surface area contributed by atoms with Crippen LogP contribution in [-0.2, 0) is 4.74 Å². The number of hydrogen-bond donors (Lipinski definition) is 1. The zero-order chi connectivity index (χ0) is 15.2. The first-order chi connectivity index (χ1) is 10.1. The van der Waals surface area contributed by atoms with Crippen molar-refractivity contribution >= 4 is 5.91 Å². The summed E-state index contributed by atoms with van der Waals surface area (Å²) in [5.41, 5.74) is 1.25. The van der Waals surface area contributed by atoms with E-state index in [2.05, 4.69) is 15.4 Å². The fourth-order valence-corrected chi connectivity index (χ4v) is 2.48. The van der Waals surface area contributed by atoms with Gasteiger partial charge in [-0.3, -0.25) is 9.69 Å². The number of ether oxygens (including phenoxy) is 1. The van der Waals surface area contributed by atoms with Gasteiger partial charge < -0.3 is 14.6 Å². The van der Waals surface area contributed by atoms with Crippen LogP contribution < -0.4 is 5.32 Å². The minimum Gasteiger partial charge on any atom is -0.379 e. The fraction of sp³-hybridized carbons (Fsp3) is 0.733. The van der Waals surface area contributed by atoms with E-state index in [0.29, 0.717) is 23.6 Å². The maximum absolute atomic E-state index is 12.3. The van der Waals surface area contributed by atoms with Gasteiger partial charge in [-0.1, -0.05) is 19.0 Å². The fourth-order valence-electron chi connectivity index (χ4n) is 2.48. The Bertz CT molecular complexity index is 465. The molecule has 1 N–H and O–H groups in total. The highest BCUT2D eigenvalue weighted by Crippen LogP contribution is 2.21. The number of carbonyl (C=O) groups excluding carboxylic acids is 1. The van der Waals surface area contributed by atoms with Gasteiger partial charge in [0.25, 0.3) is 5.91 Å². The average molecular weight is 295 g/mol. The largest absolute Gasteiger partial charge is 0.379 e. The molecule has 1 aliphatic heterocycles. The summed E-state index contributed by atoms with van der Waals surface area (Å²) < 4.78 is 10.6. The zero-order valence-corrected chi connectivity index (χ0v) is 13.1. The SMILES string of the molecule is Cc1noc(C(C)C)c1C(=O)NCCCN1CCOCC1. The molecule has 0 radical (unpaired) electrons. The van der Waals surface area contributed by atoms with E-state index in [9.17, 15) is 4.79 Å². The number of aryl methyl sites for hydroxylation is 1. The Kier molecular flexibility index (Phi) is 5.76. The van der Waals surface area contributed by atoms with Crippen molar-refractivity contribution in [1.29, 1.82) is 0 Å². The molecule has 1 aromatic heterocycles. The Morgan fingerprint density at radius 3 is 2.76 bits per heavy atom. The van der Waals surface area contributed by atoms with Crippen LogP contribution >= 0.6 is 0 Å². The van der Waals surface area contributed by atoms with E-state index in [1.165, 1.54) is 0 Å². The molecule has 6 heteroatoms. The molecule has 0 unspecified atom stereocenters. The van der Waals surface area contributed by atoms with Gasteiger partial charge in [-0.15, -0.1) is 0 Å². The number of aromatic nitrogens is 1. The van der Waals surface area contributed by atoms with Crippen molar-refractivity contribution in [3.8, 4) is 0 Å². The minimum atomic E-state index is -0.0839. The highest BCUT2D eigenvalue weighted by Gasteiger charge is 2.22. The number of carbonyl (C=O) groups is 1. The van der Waals surface area contributed by atoms with Crippen LogP contribution in [0.25, 0.3) is 0 Å². The highest BCUT2D eigenvalue weighted by atomic mass is 16.5. The second kappa shape index (κ2) is 7.56. The average Bonchev–Trinajstić information content (AvgIpc) is 2.86. The van der Waals surface area contributed by atoms with Gasteiger partial charge >= 0.3 is 0 Å². The van der Waals surface area contributed by atoms with Crippen LogP contribution in [0.5, 0.6) is 0 Å². The van der Waals surface area contributed by atoms with Crippen LogP contribution in [0.2, 0.25) is 0 Å². The summed E-state index contributed by atoms with van der Waals surface area (Å²) in [5.74, 6) is 0.734. The molecule has 0 spiro atoms. The molecule has 21 heavy (non-hydrogen) atoms. The third kappa shape index (κ3) is 4.28. The first kappa shape index (κ1) is 16.0.